The molecule has 0 aliphatic rings. The fourth-order valence-corrected chi connectivity index (χ4v) is 1.05. The predicted molar refractivity (Wildman–Crippen MR) is 65.2 cm³/mol. The minimum absolute atomic E-state index is 0.0675. The summed E-state index contributed by atoms with van der Waals surface area (Å²) < 4.78 is 1.04. The van der Waals surface area contributed by atoms with E-state index < -0.39 is 0 Å². The fourth-order valence-electron chi connectivity index (χ4n) is 0.787. The van der Waals surface area contributed by atoms with Crippen molar-refractivity contribution < 1.29 is 4.79 Å². The van der Waals surface area contributed by atoms with E-state index in [-0.39, 0.29) is 5.78 Å². The lowest BCUT2D eigenvalue weighted by Crippen LogP contribution is -1.79. The SMILES string of the molecule is CC.CC(=O)/C=C/c1ccc(Br)cc1. The maximum Gasteiger partial charge on any atom is 0.152 e. The molecule has 0 aromatic heterocycles. The average molecular weight is 255 g/mol. The minimum Gasteiger partial charge on any atom is -0.295 e. The highest BCUT2D eigenvalue weighted by Gasteiger charge is 1.87. The molecule has 1 rings (SSSR count). The van der Waals surface area contributed by atoms with Crippen LogP contribution in [0.15, 0.2) is 34.8 Å². The Balaban J connectivity index is 0.000000791. The number of ketones is 1. The first kappa shape index (κ1) is 13.1. The molecule has 0 aliphatic heterocycles. The van der Waals surface area contributed by atoms with Crippen molar-refractivity contribution in [1.82, 2.24) is 0 Å². The number of carbonyl (C=O) groups is 1. The van der Waals surface area contributed by atoms with Gasteiger partial charge in [0.25, 0.3) is 0 Å². The van der Waals surface area contributed by atoms with E-state index >= 15 is 0 Å². The number of benzene rings is 1. The van der Waals surface area contributed by atoms with Crippen molar-refractivity contribution in [3.63, 3.8) is 0 Å². The molecule has 14 heavy (non-hydrogen) atoms. The van der Waals surface area contributed by atoms with Crippen LogP contribution in [0.25, 0.3) is 6.08 Å². The molecule has 76 valence electrons. The van der Waals surface area contributed by atoms with Crippen LogP contribution >= 0.6 is 15.9 Å². The molecule has 0 bridgehead atoms. The van der Waals surface area contributed by atoms with Crippen LogP contribution in [0, 0.1) is 0 Å². The fraction of sp³-hybridized carbons (Fsp3) is 0.250. The summed E-state index contributed by atoms with van der Waals surface area (Å²) in [5.41, 5.74) is 1.04. The second-order valence-electron chi connectivity index (χ2n) is 2.50. The van der Waals surface area contributed by atoms with Gasteiger partial charge >= 0.3 is 0 Å². The first-order valence-electron chi connectivity index (χ1n) is 4.63. The maximum atomic E-state index is 10.6. The first-order chi connectivity index (χ1) is 6.68. The summed E-state index contributed by atoms with van der Waals surface area (Å²) in [6.07, 6.45) is 3.36. The number of carbonyl (C=O) groups excluding carboxylic acids is 1. The number of hydrogen-bond acceptors (Lipinski definition) is 1. The molecular formula is C12H15BrO. The van der Waals surface area contributed by atoms with Crippen molar-refractivity contribution in [2.45, 2.75) is 20.8 Å². The minimum atomic E-state index is 0.0675. The Kier molecular flexibility index (Phi) is 7.03. The number of hydrogen-bond donors (Lipinski definition) is 0. The Morgan fingerprint density at radius 2 is 1.71 bits per heavy atom. The van der Waals surface area contributed by atoms with Crippen LogP contribution in [0.4, 0.5) is 0 Å². The Morgan fingerprint density at radius 3 is 2.14 bits per heavy atom. The Morgan fingerprint density at radius 1 is 1.21 bits per heavy atom. The highest BCUT2D eigenvalue weighted by Crippen LogP contribution is 2.11. The maximum absolute atomic E-state index is 10.6. The van der Waals surface area contributed by atoms with Gasteiger partial charge in [-0.05, 0) is 30.7 Å². The van der Waals surface area contributed by atoms with Gasteiger partial charge in [0.2, 0.25) is 0 Å². The molecule has 1 nitrogen and oxygen atoms in total. The van der Waals surface area contributed by atoms with E-state index in [1.165, 1.54) is 6.92 Å². The van der Waals surface area contributed by atoms with E-state index in [4.69, 9.17) is 0 Å². The van der Waals surface area contributed by atoms with Gasteiger partial charge in [-0.15, -0.1) is 0 Å². The molecule has 0 amide bonds. The largest absolute Gasteiger partial charge is 0.295 e. The summed E-state index contributed by atoms with van der Waals surface area (Å²) in [7, 11) is 0. The number of rotatable bonds is 2. The zero-order valence-corrected chi connectivity index (χ0v) is 10.3. The third kappa shape index (κ3) is 5.70. The van der Waals surface area contributed by atoms with Gasteiger partial charge in [-0.25, -0.2) is 0 Å². The zero-order chi connectivity index (χ0) is 11.0. The van der Waals surface area contributed by atoms with Crippen molar-refractivity contribution in [1.29, 1.82) is 0 Å². The molecule has 0 N–H and O–H groups in total. The summed E-state index contributed by atoms with van der Waals surface area (Å²) in [5, 5.41) is 0. The summed E-state index contributed by atoms with van der Waals surface area (Å²) in [6.45, 7) is 5.54. The van der Waals surface area contributed by atoms with E-state index in [0.29, 0.717) is 0 Å². The second kappa shape index (κ2) is 7.51. The lowest BCUT2D eigenvalue weighted by atomic mass is 10.2. The molecule has 0 unspecified atom stereocenters. The number of halogens is 1. The van der Waals surface area contributed by atoms with Crippen molar-refractivity contribution in [3.8, 4) is 0 Å². The molecule has 0 fully saturated rings. The molecular weight excluding hydrogens is 240 g/mol. The normalized spacial score (nSPS) is 9.43. The van der Waals surface area contributed by atoms with Crippen LogP contribution in [0.3, 0.4) is 0 Å². The van der Waals surface area contributed by atoms with E-state index in [1.54, 1.807) is 12.2 Å². The third-order valence-electron chi connectivity index (χ3n) is 1.38. The number of allylic oxidation sites excluding steroid dienone is 1. The molecule has 0 saturated carbocycles. The van der Waals surface area contributed by atoms with Crippen LogP contribution < -0.4 is 0 Å². The molecule has 2 heteroatoms. The van der Waals surface area contributed by atoms with Crippen molar-refractivity contribution in [3.05, 3.63) is 40.4 Å². The zero-order valence-electron chi connectivity index (χ0n) is 8.75. The highest BCUT2D eigenvalue weighted by atomic mass is 79.9. The van der Waals surface area contributed by atoms with Gasteiger partial charge in [0.15, 0.2) is 5.78 Å². The molecule has 0 atom stereocenters. The van der Waals surface area contributed by atoms with E-state index in [9.17, 15) is 4.79 Å². The summed E-state index contributed by atoms with van der Waals surface area (Å²) in [5.74, 6) is 0.0675. The lowest BCUT2D eigenvalue weighted by molar-refractivity contribution is -0.112. The van der Waals surface area contributed by atoms with Gasteiger partial charge in [-0.3, -0.25) is 4.79 Å². The Labute approximate surface area is 94.0 Å². The quantitative estimate of drug-likeness (QED) is 0.728. The second-order valence-corrected chi connectivity index (χ2v) is 3.41. The van der Waals surface area contributed by atoms with Crippen LogP contribution in [0.5, 0.6) is 0 Å². The topological polar surface area (TPSA) is 17.1 Å². The molecule has 0 aliphatic carbocycles. The average Bonchev–Trinajstić information content (AvgIpc) is 2.20. The van der Waals surface area contributed by atoms with Crippen LogP contribution in [0.2, 0.25) is 0 Å². The van der Waals surface area contributed by atoms with Crippen molar-refractivity contribution >= 4 is 27.8 Å². The summed E-state index contributed by atoms with van der Waals surface area (Å²) >= 11 is 3.33. The van der Waals surface area contributed by atoms with Crippen molar-refractivity contribution in [2.24, 2.45) is 0 Å². The van der Waals surface area contributed by atoms with Gasteiger partial charge in [-0.1, -0.05) is 48.0 Å². The van der Waals surface area contributed by atoms with E-state index in [1.807, 2.05) is 38.1 Å². The molecule has 0 heterocycles. The summed E-state index contributed by atoms with van der Waals surface area (Å²) in [6, 6.07) is 7.78. The van der Waals surface area contributed by atoms with Gasteiger partial charge < -0.3 is 0 Å². The van der Waals surface area contributed by atoms with Crippen LogP contribution in [-0.2, 0) is 4.79 Å². The first-order valence-corrected chi connectivity index (χ1v) is 5.42. The summed E-state index contributed by atoms with van der Waals surface area (Å²) in [4.78, 5) is 10.6. The van der Waals surface area contributed by atoms with Gasteiger partial charge in [0.05, 0.1) is 0 Å². The van der Waals surface area contributed by atoms with Crippen LogP contribution in [-0.4, -0.2) is 5.78 Å². The Hall–Kier alpha value is -0.890. The molecule has 0 spiro atoms. The molecule has 0 saturated heterocycles. The Bertz CT molecular complexity index is 299. The molecule has 0 radical (unpaired) electrons. The van der Waals surface area contributed by atoms with Gasteiger partial charge in [-0.2, -0.15) is 0 Å². The van der Waals surface area contributed by atoms with Crippen LogP contribution in [0.1, 0.15) is 26.3 Å². The lowest BCUT2D eigenvalue weighted by Gasteiger charge is -1.91. The monoisotopic (exact) mass is 254 g/mol. The highest BCUT2D eigenvalue weighted by molar-refractivity contribution is 9.10. The third-order valence-corrected chi connectivity index (χ3v) is 1.91. The van der Waals surface area contributed by atoms with E-state index in [2.05, 4.69) is 15.9 Å². The standard InChI is InChI=1S/C10H9BrO.C2H6/c1-8(12)2-3-9-4-6-10(11)7-5-9;1-2/h2-7H,1H3;1-2H3/b3-2+;. The molecule has 1 aromatic carbocycles. The van der Waals surface area contributed by atoms with Gasteiger partial charge in [0.1, 0.15) is 0 Å². The van der Waals surface area contributed by atoms with Crippen molar-refractivity contribution in [2.75, 3.05) is 0 Å². The molecule has 1 aromatic rings. The smallest absolute Gasteiger partial charge is 0.152 e. The predicted octanol–water partition coefficient (Wildman–Crippen LogP) is 4.08. The van der Waals surface area contributed by atoms with E-state index in [0.717, 1.165) is 10.0 Å². The van der Waals surface area contributed by atoms with Gasteiger partial charge in [0, 0.05) is 4.47 Å².